The van der Waals surface area contributed by atoms with E-state index in [9.17, 15) is 21.2 Å². The fraction of sp³-hybridized carbons (Fsp3) is 0.273. The first-order valence-corrected chi connectivity index (χ1v) is 8.71. The molecule has 0 unspecified atom stereocenters. The van der Waals surface area contributed by atoms with Gasteiger partial charge in [0.25, 0.3) is 0 Å². The first-order chi connectivity index (χ1) is 9.64. The predicted molar refractivity (Wildman–Crippen MR) is 69.5 cm³/mol. The van der Waals surface area contributed by atoms with Gasteiger partial charge >= 0.3 is 0 Å². The van der Waals surface area contributed by atoms with Crippen LogP contribution in [0.2, 0.25) is 0 Å². The molecule has 0 aromatic heterocycles. The maximum Gasteiger partial charge on any atom is 0.247 e. The van der Waals surface area contributed by atoms with Crippen LogP contribution in [0.5, 0.6) is 0 Å². The molecular formula is C11H10FN3O4S2. The van der Waals surface area contributed by atoms with E-state index in [2.05, 4.69) is 0 Å². The van der Waals surface area contributed by atoms with Crippen molar-refractivity contribution in [1.29, 1.82) is 10.5 Å². The van der Waals surface area contributed by atoms with Gasteiger partial charge in [0.15, 0.2) is 9.84 Å². The van der Waals surface area contributed by atoms with Crippen LogP contribution in [0.25, 0.3) is 0 Å². The van der Waals surface area contributed by atoms with E-state index >= 15 is 0 Å². The first kappa shape index (κ1) is 17.0. The largest absolute Gasteiger partial charge is 0.247 e. The van der Waals surface area contributed by atoms with Crippen molar-refractivity contribution in [2.24, 2.45) is 0 Å². The Morgan fingerprint density at radius 2 is 1.67 bits per heavy atom. The molecule has 0 aliphatic rings. The summed E-state index contributed by atoms with van der Waals surface area (Å²) >= 11 is 0. The van der Waals surface area contributed by atoms with Gasteiger partial charge in [-0.1, -0.05) is 0 Å². The van der Waals surface area contributed by atoms with Gasteiger partial charge < -0.3 is 0 Å². The van der Waals surface area contributed by atoms with Crippen LogP contribution in [-0.4, -0.2) is 40.5 Å². The molecule has 0 atom stereocenters. The number of halogens is 1. The highest BCUT2D eigenvalue weighted by molar-refractivity contribution is 7.91. The molecule has 0 spiro atoms. The standard InChI is InChI=1S/C11H10FN3O4S2/c1-20(16,17)9-2-3-10(12)11(8-9)21(18,19)15(6-4-13)7-5-14/h2-3,8H,6-7H2,1H3. The molecule has 7 nitrogen and oxygen atoms in total. The SMILES string of the molecule is CS(=O)(=O)c1ccc(F)c(S(=O)(=O)N(CC#N)CC#N)c1. The van der Waals surface area contributed by atoms with E-state index in [-0.39, 0.29) is 4.90 Å². The van der Waals surface area contributed by atoms with Crippen LogP contribution in [0.4, 0.5) is 4.39 Å². The number of sulfonamides is 1. The van der Waals surface area contributed by atoms with Crippen LogP contribution in [0.3, 0.4) is 0 Å². The van der Waals surface area contributed by atoms with E-state index in [0.717, 1.165) is 12.3 Å². The number of sulfone groups is 1. The first-order valence-electron chi connectivity index (χ1n) is 5.38. The van der Waals surface area contributed by atoms with Gasteiger partial charge in [0.1, 0.15) is 23.8 Å². The second kappa shape index (κ2) is 6.18. The van der Waals surface area contributed by atoms with Gasteiger partial charge in [-0.05, 0) is 18.2 Å². The van der Waals surface area contributed by atoms with Crippen LogP contribution in [0, 0.1) is 28.5 Å². The molecule has 0 aliphatic carbocycles. The summed E-state index contributed by atoms with van der Waals surface area (Å²) < 4.78 is 61.4. The number of benzene rings is 1. The average Bonchev–Trinajstić information content (AvgIpc) is 2.37. The van der Waals surface area contributed by atoms with Gasteiger partial charge in [-0.3, -0.25) is 0 Å². The zero-order valence-corrected chi connectivity index (χ0v) is 12.4. The van der Waals surface area contributed by atoms with Crippen LogP contribution in [-0.2, 0) is 19.9 Å². The molecular weight excluding hydrogens is 321 g/mol. The molecule has 0 heterocycles. The molecule has 1 aromatic carbocycles. The minimum absolute atomic E-state index is 0.378. The van der Waals surface area contributed by atoms with Crippen molar-refractivity contribution in [3.63, 3.8) is 0 Å². The third-order valence-electron chi connectivity index (χ3n) is 2.44. The van der Waals surface area contributed by atoms with Crippen LogP contribution < -0.4 is 0 Å². The molecule has 1 rings (SSSR count). The highest BCUT2D eigenvalue weighted by Gasteiger charge is 2.28. The average molecular weight is 331 g/mol. The third kappa shape index (κ3) is 3.76. The molecule has 0 fully saturated rings. The predicted octanol–water partition coefficient (Wildman–Crippen LogP) is 0.267. The lowest BCUT2D eigenvalue weighted by molar-refractivity contribution is 0.471. The van der Waals surface area contributed by atoms with E-state index in [0.29, 0.717) is 16.4 Å². The second-order valence-corrected chi connectivity index (χ2v) is 7.88. The summed E-state index contributed by atoms with van der Waals surface area (Å²) in [6.45, 7) is -1.31. The topological polar surface area (TPSA) is 119 Å². The fourth-order valence-corrected chi connectivity index (χ4v) is 3.48. The molecule has 0 radical (unpaired) electrons. The van der Waals surface area contributed by atoms with Gasteiger partial charge in [0, 0.05) is 6.26 Å². The molecule has 10 heteroatoms. The summed E-state index contributed by atoms with van der Waals surface area (Å²) in [4.78, 5) is -1.27. The third-order valence-corrected chi connectivity index (χ3v) is 5.36. The van der Waals surface area contributed by atoms with E-state index in [1.54, 1.807) is 12.1 Å². The number of nitriles is 2. The Kier molecular flexibility index (Phi) is 5.01. The molecule has 0 amide bonds. The minimum atomic E-state index is -4.49. The minimum Gasteiger partial charge on any atom is -0.224 e. The number of hydrogen-bond acceptors (Lipinski definition) is 6. The summed E-state index contributed by atoms with van der Waals surface area (Å²) in [5, 5.41) is 17.1. The van der Waals surface area contributed by atoms with Crippen LogP contribution >= 0.6 is 0 Å². The zero-order valence-electron chi connectivity index (χ0n) is 10.8. The Hall–Kier alpha value is -2.01. The Bertz CT molecular complexity index is 819. The second-order valence-electron chi connectivity index (χ2n) is 3.95. The van der Waals surface area contributed by atoms with Crippen molar-refractivity contribution < 1.29 is 21.2 Å². The maximum absolute atomic E-state index is 13.7. The highest BCUT2D eigenvalue weighted by atomic mass is 32.2. The van der Waals surface area contributed by atoms with Crippen LogP contribution in [0.1, 0.15) is 0 Å². The Balaban J connectivity index is 3.51. The Morgan fingerprint density at radius 3 is 2.10 bits per heavy atom. The molecule has 112 valence electrons. The normalized spacial score (nSPS) is 11.9. The van der Waals surface area contributed by atoms with Crippen molar-refractivity contribution in [3.8, 4) is 12.1 Å². The van der Waals surface area contributed by atoms with Gasteiger partial charge in [-0.2, -0.15) is 14.8 Å². The van der Waals surface area contributed by atoms with Crippen molar-refractivity contribution in [3.05, 3.63) is 24.0 Å². The van der Waals surface area contributed by atoms with Crippen molar-refractivity contribution >= 4 is 19.9 Å². The van der Waals surface area contributed by atoms with Crippen LogP contribution in [0.15, 0.2) is 28.0 Å². The monoisotopic (exact) mass is 331 g/mol. The van der Waals surface area contributed by atoms with Crippen molar-refractivity contribution in [2.45, 2.75) is 9.79 Å². The molecule has 0 saturated carbocycles. The zero-order chi connectivity index (χ0) is 16.3. The molecule has 0 aliphatic heterocycles. The van der Waals surface area contributed by atoms with Gasteiger partial charge in [-0.25, -0.2) is 21.2 Å². The number of hydrogen-bond donors (Lipinski definition) is 0. The molecule has 0 saturated heterocycles. The fourth-order valence-electron chi connectivity index (χ4n) is 1.43. The summed E-state index contributed by atoms with van der Waals surface area (Å²) in [5.41, 5.74) is 0. The molecule has 0 bridgehead atoms. The quantitative estimate of drug-likeness (QED) is 0.564. The van der Waals surface area contributed by atoms with Gasteiger partial charge in [0.2, 0.25) is 10.0 Å². The van der Waals surface area contributed by atoms with Crippen molar-refractivity contribution in [1.82, 2.24) is 4.31 Å². The lowest BCUT2D eigenvalue weighted by Crippen LogP contribution is -2.32. The Morgan fingerprint density at radius 1 is 1.14 bits per heavy atom. The summed E-state index contributed by atoms with van der Waals surface area (Å²) in [6.07, 6.45) is 0.846. The van der Waals surface area contributed by atoms with E-state index < -0.39 is 43.7 Å². The number of rotatable bonds is 5. The number of nitrogens with zero attached hydrogens (tertiary/aromatic N) is 3. The van der Waals surface area contributed by atoms with Crippen molar-refractivity contribution in [2.75, 3.05) is 19.3 Å². The summed E-state index contributed by atoms with van der Waals surface area (Å²) in [7, 11) is -8.22. The Labute approximate surface area is 121 Å². The van der Waals surface area contributed by atoms with Gasteiger partial charge in [0.05, 0.1) is 17.0 Å². The smallest absolute Gasteiger partial charge is 0.224 e. The summed E-state index contributed by atoms with van der Waals surface area (Å²) in [5.74, 6) is -1.16. The highest BCUT2D eigenvalue weighted by Crippen LogP contribution is 2.22. The summed E-state index contributed by atoms with van der Waals surface area (Å²) in [6, 6.07) is 5.41. The van der Waals surface area contributed by atoms with E-state index in [1.807, 2.05) is 0 Å². The van der Waals surface area contributed by atoms with E-state index in [1.165, 1.54) is 0 Å². The lowest BCUT2D eigenvalue weighted by atomic mass is 10.3. The van der Waals surface area contributed by atoms with Gasteiger partial charge in [-0.15, -0.1) is 0 Å². The maximum atomic E-state index is 13.7. The molecule has 0 N–H and O–H groups in total. The molecule has 21 heavy (non-hydrogen) atoms. The van der Waals surface area contributed by atoms with E-state index in [4.69, 9.17) is 10.5 Å². The molecule has 1 aromatic rings. The lowest BCUT2D eigenvalue weighted by Gasteiger charge is -2.16.